The number of benzene rings is 1. The van der Waals surface area contributed by atoms with Gasteiger partial charge >= 0.3 is 11.8 Å². The first-order valence-corrected chi connectivity index (χ1v) is 5.67. The summed E-state index contributed by atoms with van der Waals surface area (Å²) in [5.41, 5.74) is 0. The molecule has 0 spiro atoms. The van der Waals surface area contributed by atoms with Crippen molar-refractivity contribution in [2.24, 2.45) is 0 Å². The van der Waals surface area contributed by atoms with E-state index >= 15 is 0 Å². The first-order chi connectivity index (χ1) is 8.12. The quantitative estimate of drug-likeness (QED) is 0.564. The third-order valence-corrected chi connectivity index (χ3v) is 2.12. The van der Waals surface area contributed by atoms with Crippen LogP contribution < -0.4 is 4.74 Å². The molecule has 0 saturated carbocycles. The fraction of sp³-hybridized carbons (Fsp3) is 0.462. The number of carbonyl (C=O) groups is 1. The Labute approximate surface area is 101 Å². The van der Waals surface area contributed by atoms with Gasteiger partial charge in [-0.1, -0.05) is 18.2 Å². The van der Waals surface area contributed by atoms with E-state index in [-0.39, 0.29) is 0 Å². The monoisotopic (exact) mass is 238 g/mol. The zero-order valence-corrected chi connectivity index (χ0v) is 10.4. The molecule has 0 aliphatic rings. The third kappa shape index (κ3) is 3.75. The van der Waals surface area contributed by atoms with Crippen LogP contribution in [0.2, 0.25) is 0 Å². The van der Waals surface area contributed by atoms with Crippen LogP contribution in [0, 0.1) is 0 Å². The molecule has 4 heteroatoms. The Morgan fingerprint density at radius 1 is 1.18 bits per heavy atom. The Balaban J connectivity index is 2.81. The zero-order valence-electron chi connectivity index (χ0n) is 10.4. The second-order valence-corrected chi connectivity index (χ2v) is 3.51. The van der Waals surface area contributed by atoms with Gasteiger partial charge in [0.05, 0.1) is 6.61 Å². The highest BCUT2D eigenvalue weighted by Crippen LogP contribution is 2.20. The summed E-state index contributed by atoms with van der Waals surface area (Å²) in [6.07, 6.45) is 0. The number of hydrogen-bond donors (Lipinski definition) is 0. The Morgan fingerprint density at radius 3 is 2.35 bits per heavy atom. The fourth-order valence-corrected chi connectivity index (χ4v) is 1.38. The molecule has 0 saturated heterocycles. The molecule has 1 aromatic rings. The van der Waals surface area contributed by atoms with Gasteiger partial charge in [0.15, 0.2) is 0 Å². The van der Waals surface area contributed by atoms with Crippen LogP contribution in [0.4, 0.5) is 0 Å². The molecule has 1 unspecified atom stereocenters. The maximum Gasteiger partial charge on any atom is 0.379 e. The lowest BCUT2D eigenvalue weighted by atomic mass is 10.3. The first kappa shape index (κ1) is 13.5. The number of ether oxygens (including phenoxy) is 3. The average molecular weight is 238 g/mol. The smallest absolute Gasteiger partial charge is 0.379 e. The molecule has 4 nitrogen and oxygen atoms in total. The van der Waals surface area contributed by atoms with Crippen molar-refractivity contribution >= 4 is 5.97 Å². The number of rotatable bonds is 6. The van der Waals surface area contributed by atoms with E-state index in [4.69, 9.17) is 14.2 Å². The summed E-state index contributed by atoms with van der Waals surface area (Å²) in [4.78, 5) is 11.8. The summed E-state index contributed by atoms with van der Waals surface area (Å²) in [7, 11) is 0. The maximum atomic E-state index is 11.8. The van der Waals surface area contributed by atoms with Gasteiger partial charge in [0.25, 0.3) is 0 Å². The molecule has 1 atom stereocenters. The van der Waals surface area contributed by atoms with Crippen LogP contribution in [0.15, 0.2) is 30.3 Å². The fourth-order valence-electron chi connectivity index (χ4n) is 1.38. The van der Waals surface area contributed by atoms with E-state index in [1.165, 1.54) is 0 Å². The normalized spacial score (nSPS) is 13.8. The van der Waals surface area contributed by atoms with E-state index in [1.807, 2.05) is 18.2 Å². The van der Waals surface area contributed by atoms with Gasteiger partial charge in [-0.25, -0.2) is 4.79 Å². The topological polar surface area (TPSA) is 44.8 Å². The van der Waals surface area contributed by atoms with Gasteiger partial charge in [0.2, 0.25) is 0 Å². The van der Waals surface area contributed by atoms with E-state index in [2.05, 4.69) is 0 Å². The van der Waals surface area contributed by atoms with Crippen molar-refractivity contribution in [3.63, 3.8) is 0 Å². The van der Waals surface area contributed by atoms with Gasteiger partial charge in [0, 0.05) is 13.5 Å². The number of esters is 1. The summed E-state index contributed by atoms with van der Waals surface area (Å²) < 4.78 is 15.9. The first-order valence-electron chi connectivity index (χ1n) is 5.67. The second-order valence-electron chi connectivity index (χ2n) is 3.51. The van der Waals surface area contributed by atoms with Gasteiger partial charge in [0.1, 0.15) is 5.75 Å². The largest absolute Gasteiger partial charge is 0.461 e. The lowest BCUT2D eigenvalue weighted by Crippen LogP contribution is -2.45. The lowest BCUT2D eigenvalue weighted by molar-refractivity contribution is -0.209. The summed E-state index contributed by atoms with van der Waals surface area (Å²) in [5, 5.41) is 0. The highest BCUT2D eigenvalue weighted by Gasteiger charge is 2.38. The number of hydrogen-bond acceptors (Lipinski definition) is 4. The standard InChI is InChI=1S/C13H18O4/c1-4-15-12(14)13(3,16-5-2)17-11-9-7-6-8-10-11/h6-10H,4-5H2,1-3H3. The Morgan fingerprint density at radius 2 is 1.82 bits per heavy atom. The molecule has 0 heterocycles. The van der Waals surface area contributed by atoms with Crippen molar-refractivity contribution < 1.29 is 19.0 Å². The predicted molar refractivity (Wildman–Crippen MR) is 63.7 cm³/mol. The lowest BCUT2D eigenvalue weighted by Gasteiger charge is -2.27. The van der Waals surface area contributed by atoms with Crippen LogP contribution in [-0.4, -0.2) is 25.0 Å². The Hall–Kier alpha value is -1.55. The van der Waals surface area contributed by atoms with E-state index in [9.17, 15) is 4.79 Å². The average Bonchev–Trinajstić information content (AvgIpc) is 2.31. The van der Waals surface area contributed by atoms with Crippen molar-refractivity contribution in [2.45, 2.75) is 26.6 Å². The summed E-state index contributed by atoms with van der Waals surface area (Å²) in [6.45, 7) is 5.75. The van der Waals surface area contributed by atoms with Crippen LogP contribution >= 0.6 is 0 Å². The van der Waals surface area contributed by atoms with Gasteiger partial charge in [-0.3, -0.25) is 0 Å². The van der Waals surface area contributed by atoms with Crippen molar-refractivity contribution in [2.75, 3.05) is 13.2 Å². The molecule has 1 aromatic carbocycles. The van der Waals surface area contributed by atoms with Crippen molar-refractivity contribution in [3.05, 3.63) is 30.3 Å². The molecule has 0 aliphatic heterocycles. The SMILES string of the molecule is CCOC(=O)C(C)(OCC)Oc1ccccc1. The van der Waals surface area contributed by atoms with Crippen LogP contribution in [0.25, 0.3) is 0 Å². The zero-order chi connectivity index (χ0) is 12.7. The highest BCUT2D eigenvalue weighted by molar-refractivity contribution is 5.77. The van der Waals surface area contributed by atoms with Gasteiger partial charge in [-0.2, -0.15) is 0 Å². The van der Waals surface area contributed by atoms with Crippen molar-refractivity contribution in [1.29, 1.82) is 0 Å². The van der Waals surface area contributed by atoms with Crippen LogP contribution in [0.5, 0.6) is 5.75 Å². The summed E-state index contributed by atoms with van der Waals surface area (Å²) in [5.74, 6) is -1.35. The molecular weight excluding hydrogens is 220 g/mol. The molecule has 0 fully saturated rings. The molecule has 0 aromatic heterocycles. The second kappa shape index (κ2) is 6.25. The van der Waals surface area contributed by atoms with E-state index in [1.54, 1.807) is 32.9 Å². The molecule has 17 heavy (non-hydrogen) atoms. The van der Waals surface area contributed by atoms with Crippen LogP contribution in [0.1, 0.15) is 20.8 Å². The molecule has 0 bridgehead atoms. The minimum atomic E-state index is -1.40. The van der Waals surface area contributed by atoms with Crippen molar-refractivity contribution in [1.82, 2.24) is 0 Å². The molecular formula is C13H18O4. The van der Waals surface area contributed by atoms with E-state index in [0.717, 1.165) is 0 Å². The van der Waals surface area contributed by atoms with Crippen LogP contribution in [0.3, 0.4) is 0 Å². The Kier molecular flexibility index (Phi) is 4.97. The van der Waals surface area contributed by atoms with Gasteiger partial charge in [-0.05, 0) is 26.0 Å². The maximum absolute atomic E-state index is 11.8. The molecule has 0 radical (unpaired) electrons. The third-order valence-electron chi connectivity index (χ3n) is 2.12. The molecule has 94 valence electrons. The predicted octanol–water partition coefficient (Wildman–Crippen LogP) is 2.38. The number of carbonyl (C=O) groups excluding carboxylic acids is 1. The van der Waals surface area contributed by atoms with Crippen LogP contribution in [-0.2, 0) is 14.3 Å². The van der Waals surface area contributed by atoms with E-state index < -0.39 is 11.8 Å². The molecule has 0 aliphatic carbocycles. The Bertz CT molecular complexity index is 350. The van der Waals surface area contributed by atoms with Crippen molar-refractivity contribution in [3.8, 4) is 5.75 Å². The molecule has 0 amide bonds. The molecule has 0 N–H and O–H groups in total. The minimum absolute atomic E-state index is 0.291. The van der Waals surface area contributed by atoms with Gasteiger partial charge in [-0.15, -0.1) is 0 Å². The molecule has 1 rings (SSSR count). The van der Waals surface area contributed by atoms with E-state index in [0.29, 0.717) is 19.0 Å². The minimum Gasteiger partial charge on any atom is -0.461 e. The highest BCUT2D eigenvalue weighted by atomic mass is 16.7. The summed E-state index contributed by atoms with van der Waals surface area (Å²) >= 11 is 0. The summed E-state index contributed by atoms with van der Waals surface area (Å²) in [6, 6.07) is 9.04. The number of para-hydroxylation sites is 1. The van der Waals surface area contributed by atoms with Gasteiger partial charge < -0.3 is 14.2 Å².